The van der Waals surface area contributed by atoms with Gasteiger partial charge < -0.3 is 15.4 Å². The summed E-state index contributed by atoms with van der Waals surface area (Å²) in [5.41, 5.74) is 1.42. The van der Waals surface area contributed by atoms with Gasteiger partial charge in [-0.05, 0) is 26.3 Å². The first kappa shape index (κ1) is 14.3. The highest BCUT2D eigenvalue weighted by molar-refractivity contribution is 7.09. The number of carbonyl (C=O) groups is 2. The summed E-state index contributed by atoms with van der Waals surface area (Å²) in [4.78, 5) is 30.2. The molecule has 7 heteroatoms. The molecule has 0 aliphatic carbocycles. The molecule has 0 aromatic carbocycles. The molecule has 20 heavy (non-hydrogen) atoms. The minimum Gasteiger partial charge on any atom is -0.477 e. The van der Waals surface area contributed by atoms with Crippen LogP contribution in [-0.2, 0) is 0 Å². The molecule has 1 unspecified atom stereocenters. The number of hydrogen-bond acceptors (Lipinski definition) is 4. The van der Waals surface area contributed by atoms with E-state index in [2.05, 4.69) is 15.3 Å². The summed E-state index contributed by atoms with van der Waals surface area (Å²) in [6, 6.07) is -0.218. The van der Waals surface area contributed by atoms with E-state index in [1.54, 1.807) is 20.0 Å². The highest BCUT2D eigenvalue weighted by Gasteiger charge is 2.23. The van der Waals surface area contributed by atoms with Crippen LogP contribution in [0.4, 0.5) is 0 Å². The number of carbonyl (C=O) groups excluding carboxylic acids is 1. The molecule has 0 aliphatic rings. The number of nitrogens with one attached hydrogen (secondary N) is 2. The second-order valence-electron chi connectivity index (χ2n) is 4.50. The van der Waals surface area contributed by atoms with Gasteiger partial charge >= 0.3 is 5.97 Å². The zero-order chi connectivity index (χ0) is 14.9. The molecule has 2 aromatic heterocycles. The molecule has 0 spiro atoms. The fourth-order valence-corrected chi connectivity index (χ4v) is 2.73. The number of aromatic amines is 1. The lowest BCUT2D eigenvalue weighted by Gasteiger charge is -2.11. The van der Waals surface area contributed by atoms with Crippen LogP contribution in [0.2, 0.25) is 0 Å². The molecule has 0 bridgehead atoms. The molecule has 1 atom stereocenters. The van der Waals surface area contributed by atoms with Gasteiger partial charge in [-0.15, -0.1) is 11.3 Å². The number of carboxylic acid groups (broad SMARTS) is 1. The SMILES string of the molecule is Cc1[nH]c(C(=O)O)c(C)c1C(=O)NC(C)c1nccs1. The maximum atomic E-state index is 12.3. The summed E-state index contributed by atoms with van der Waals surface area (Å²) in [6.07, 6.45) is 1.68. The summed E-state index contributed by atoms with van der Waals surface area (Å²) in [7, 11) is 0. The van der Waals surface area contributed by atoms with Crippen LogP contribution in [0, 0.1) is 13.8 Å². The van der Waals surface area contributed by atoms with Gasteiger partial charge in [0.05, 0.1) is 11.6 Å². The number of nitrogens with zero attached hydrogens (tertiary/aromatic N) is 1. The van der Waals surface area contributed by atoms with Gasteiger partial charge in [-0.2, -0.15) is 0 Å². The molecular weight excluding hydrogens is 278 g/mol. The van der Waals surface area contributed by atoms with Gasteiger partial charge in [0.2, 0.25) is 0 Å². The van der Waals surface area contributed by atoms with Crippen LogP contribution in [0.3, 0.4) is 0 Å². The maximum absolute atomic E-state index is 12.3. The van der Waals surface area contributed by atoms with Crippen molar-refractivity contribution < 1.29 is 14.7 Å². The second-order valence-corrected chi connectivity index (χ2v) is 5.42. The molecule has 2 heterocycles. The Kier molecular flexibility index (Phi) is 3.89. The first-order chi connectivity index (χ1) is 9.41. The lowest BCUT2D eigenvalue weighted by molar-refractivity contribution is 0.0690. The van der Waals surface area contributed by atoms with Crippen LogP contribution in [0.15, 0.2) is 11.6 Å². The van der Waals surface area contributed by atoms with E-state index in [-0.39, 0.29) is 17.6 Å². The van der Waals surface area contributed by atoms with E-state index in [0.29, 0.717) is 16.8 Å². The van der Waals surface area contributed by atoms with Crippen molar-refractivity contribution in [2.75, 3.05) is 0 Å². The molecule has 3 N–H and O–H groups in total. The average molecular weight is 293 g/mol. The van der Waals surface area contributed by atoms with Gasteiger partial charge in [0.25, 0.3) is 5.91 Å². The van der Waals surface area contributed by atoms with Crippen molar-refractivity contribution in [3.05, 3.63) is 39.1 Å². The maximum Gasteiger partial charge on any atom is 0.352 e. The summed E-state index contributed by atoms with van der Waals surface area (Å²) in [5, 5.41) is 14.5. The van der Waals surface area contributed by atoms with Crippen LogP contribution in [0.5, 0.6) is 0 Å². The molecule has 2 rings (SSSR count). The van der Waals surface area contributed by atoms with Crippen molar-refractivity contribution in [1.82, 2.24) is 15.3 Å². The van der Waals surface area contributed by atoms with Crippen molar-refractivity contribution in [2.45, 2.75) is 26.8 Å². The van der Waals surface area contributed by atoms with Gasteiger partial charge in [-0.3, -0.25) is 4.79 Å². The fraction of sp³-hybridized carbons (Fsp3) is 0.308. The van der Waals surface area contributed by atoms with Gasteiger partial charge in [-0.1, -0.05) is 0 Å². The van der Waals surface area contributed by atoms with Gasteiger partial charge in [-0.25, -0.2) is 9.78 Å². The highest BCUT2D eigenvalue weighted by Crippen LogP contribution is 2.20. The van der Waals surface area contributed by atoms with E-state index >= 15 is 0 Å². The predicted octanol–water partition coefficient (Wildman–Crippen LogP) is 2.28. The Labute approximate surface area is 119 Å². The van der Waals surface area contributed by atoms with E-state index in [0.717, 1.165) is 5.01 Å². The normalized spacial score (nSPS) is 12.2. The number of aromatic nitrogens is 2. The standard InChI is InChI=1S/C13H15N3O3S/c1-6-9(7(2)15-10(6)13(18)19)11(17)16-8(3)12-14-4-5-20-12/h4-5,8,15H,1-3H3,(H,16,17)(H,18,19). The number of hydrogen-bond donors (Lipinski definition) is 3. The monoisotopic (exact) mass is 293 g/mol. The molecule has 1 amide bonds. The number of rotatable bonds is 4. The molecular formula is C13H15N3O3S. The molecule has 0 radical (unpaired) electrons. The number of carboxylic acids is 1. The van der Waals surface area contributed by atoms with Crippen LogP contribution >= 0.6 is 11.3 Å². The predicted molar refractivity (Wildman–Crippen MR) is 75.2 cm³/mol. The molecule has 2 aromatic rings. The highest BCUT2D eigenvalue weighted by atomic mass is 32.1. The lowest BCUT2D eigenvalue weighted by atomic mass is 10.1. The third kappa shape index (κ3) is 2.57. The molecule has 6 nitrogen and oxygen atoms in total. The summed E-state index contributed by atoms with van der Waals surface area (Å²) in [5.74, 6) is -1.37. The molecule has 106 valence electrons. The van der Waals surface area contributed by atoms with Crippen LogP contribution in [0.1, 0.15) is 50.1 Å². The van der Waals surface area contributed by atoms with Gasteiger partial charge in [0, 0.05) is 17.3 Å². The Hall–Kier alpha value is -2.15. The third-order valence-electron chi connectivity index (χ3n) is 3.05. The number of amides is 1. The quantitative estimate of drug-likeness (QED) is 0.806. The van der Waals surface area contributed by atoms with E-state index < -0.39 is 5.97 Å². The van der Waals surface area contributed by atoms with E-state index in [4.69, 9.17) is 5.11 Å². The third-order valence-corrected chi connectivity index (χ3v) is 4.01. The van der Waals surface area contributed by atoms with Crippen molar-refractivity contribution >= 4 is 23.2 Å². The Morgan fingerprint density at radius 3 is 2.65 bits per heavy atom. The molecule has 0 saturated carbocycles. The lowest BCUT2D eigenvalue weighted by Crippen LogP contribution is -2.27. The summed E-state index contributed by atoms with van der Waals surface area (Å²) >= 11 is 1.46. The van der Waals surface area contributed by atoms with Crippen LogP contribution < -0.4 is 5.32 Å². The molecule has 0 aliphatic heterocycles. The zero-order valence-electron chi connectivity index (χ0n) is 11.4. The van der Waals surface area contributed by atoms with Crippen LogP contribution in [0.25, 0.3) is 0 Å². The van der Waals surface area contributed by atoms with Crippen molar-refractivity contribution in [3.8, 4) is 0 Å². The number of aromatic carboxylic acids is 1. The largest absolute Gasteiger partial charge is 0.477 e. The minimum atomic E-state index is -1.07. The summed E-state index contributed by atoms with van der Waals surface area (Å²) < 4.78 is 0. The van der Waals surface area contributed by atoms with Crippen molar-refractivity contribution in [3.63, 3.8) is 0 Å². The number of aryl methyl sites for hydroxylation is 1. The number of thiazole rings is 1. The minimum absolute atomic E-state index is 0.0505. The number of H-pyrrole nitrogens is 1. The van der Waals surface area contributed by atoms with Crippen molar-refractivity contribution in [1.29, 1.82) is 0 Å². The Balaban J connectivity index is 2.24. The average Bonchev–Trinajstić information content (AvgIpc) is 2.97. The molecule has 0 saturated heterocycles. The summed E-state index contributed by atoms with van der Waals surface area (Å²) in [6.45, 7) is 5.14. The van der Waals surface area contributed by atoms with Crippen LogP contribution in [-0.4, -0.2) is 27.0 Å². The van der Waals surface area contributed by atoms with E-state index in [9.17, 15) is 9.59 Å². The fourth-order valence-electron chi connectivity index (χ4n) is 2.08. The zero-order valence-corrected chi connectivity index (χ0v) is 12.2. The van der Waals surface area contributed by atoms with E-state index in [1.165, 1.54) is 11.3 Å². The Morgan fingerprint density at radius 1 is 1.45 bits per heavy atom. The molecule has 0 fully saturated rings. The topological polar surface area (TPSA) is 95.1 Å². The van der Waals surface area contributed by atoms with E-state index in [1.807, 2.05) is 12.3 Å². The first-order valence-corrected chi connectivity index (χ1v) is 6.92. The van der Waals surface area contributed by atoms with Gasteiger partial charge in [0.15, 0.2) is 0 Å². The first-order valence-electron chi connectivity index (χ1n) is 6.04. The second kappa shape index (κ2) is 5.46. The smallest absolute Gasteiger partial charge is 0.352 e. The Bertz CT molecular complexity index is 646. The van der Waals surface area contributed by atoms with Gasteiger partial charge in [0.1, 0.15) is 10.7 Å². The van der Waals surface area contributed by atoms with Crippen molar-refractivity contribution in [2.24, 2.45) is 0 Å². The Morgan fingerprint density at radius 2 is 2.15 bits per heavy atom.